The van der Waals surface area contributed by atoms with Crippen molar-refractivity contribution in [3.63, 3.8) is 0 Å². The molecule has 0 aromatic carbocycles. The van der Waals surface area contributed by atoms with Crippen LogP contribution in [-0.4, -0.2) is 39.2 Å². The van der Waals surface area contributed by atoms with Crippen LogP contribution in [0.15, 0.2) is 12.5 Å². The van der Waals surface area contributed by atoms with Gasteiger partial charge in [-0.15, -0.1) is 0 Å². The van der Waals surface area contributed by atoms with Gasteiger partial charge in [0.15, 0.2) is 0 Å². The van der Waals surface area contributed by atoms with Crippen LogP contribution in [0.1, 0.15) is 12.6 Å². The fraction of sp³-hybridized carbons (Fsp3) is 0.444. The lowest BCUT2D eigenvalue weighted by Crippen LogP contribution is -2.37. The molecule has 1 aromatic rings. The fourth-order valence-electron chi connectivity index (χ4n) is 0.977. The van der Waals surface area contributed by atoms with Crippen LogP contribution in [-0.2, 0) is 20.7 Å². The van der Waals surface area contributed by atoms with Gasteiger partial charge in [0.1, 0.15) is 12.1 Å². The molecule has 0 amide bonds. The third-order valence-electron chi connectivity index (χ3n) is 1.84. The van der Waals surface area contributed by atoms with Gasteiger partial charge in [-0.2, -0.15) is 0 Å². The molecule has 16 heavy (non-hydrogen) atoms. The van der Waals surface area contributed by atoms with Gasteiger partial charge in [-0.25, -0.2) is 14.6 Å². The number of nitrogens with two attached hydrogens (primary N) is 1. The summed E-state index contributed by atoms with van der Waals surface area (Å²) in [6.45, 7) is 1.20. The molecular weight excluding hydrogens is 214 g/mol. The molecule has 7 heteroatoms. The highest BCUT2D eigenvalue weighted by Gasteiger charge is 2.21. The molecule has 1 rings (SSSR count). The van der Waals surface area contributed by atoms with Gasteiger partial charge in [0.05, 0.1) is 6.33 Å². The van der Waals surface area contributed by atoms with E-state index in [1.165, 1.54) is 19.4 Å². The standard InChI is InChI=1S/C9H13N3O4/c1-5(13)8(14)16-9(15)7(10)2-6-3-11-4-12-6/h3-5,7,13H,2,10H2,1H3,(H,11,12)/t5?,7-/m0/s1. The summed E-state index contributed by atoms with van der Waals surface area (Å²) in [6.07, 6.45) is 1.81. The predicted octanol–water partition coefficient (Wildman–Crippen LogP) is -1.27. The van der Waals surface area contributed by atoms with Crippen LogP contribution in [0.5, 0.6) is 0 Å². The third-order valence-corrected chi connectivity index (χ3v) is 1.84. The van der Waals surface area contributed by atoms with Gasteiger partial charge in [0.2, 0.25) is 0 Å². The first-order valence-corrected chi connectivity index (χ1v) is 4.67. The Morgan fingerprint density at radius 3 is 2.81 bits per heavy atom. The minimum atomic E-state index is -1.34. The summed E-state index contributed by atoms with van der Waals surface area (Å²) in [7, 11) is 0. The summed E-state index contributed by atoms with van der Waals surface area (Å²) in [5, 5.41) is 8.82. The number of ether oxygens (including phenoxy) is 1. The number of aromatic amines is 1. The summed E-state index contributed by atoms with van der Waals surface area (Å²) < 4.78 is 4.34. The van der Waals surface area contributed by atoms with Crippen molar-refractivity contribution in [1.82, 2.24) is 9.97 Å². The quantitative estimate of drug-likeness (QED) is 0.436. The summed E-state index contributed by atoms with van der Waals surface area (Å²) in [4.78, 5) is 28.7. The number of hydrogen-bond acceptors (Lipinski definition) is 6. The van der Waals surface area contributed by atoms with Crippen LogP contribution in [0.2, 0.25) is 0 Å². The summed E-state index contributed by atoms with van der Waals surface area (Å²) in [6, 6.07) is -0.969. The number of esters is 2. The number of imidazole rings is 1. The van der Waals surface area contributed by atoms with Gasteiger partial charge in [-0.1, -0.05) is 0 Å². The number of nitrogens with zero attached hydrogens (tertiary/aromatic N) is 1. The Hall–Kier alpha value is -1.73. The topological polar surface area (TPSA) is 118 Å². The number of aliphatic hydroxyl groups excluding tert-OH is 1. The number of aromatic nitrogens is 2. The zero-order valence-electron chi connectivity index (χ0n) is 8.71. The molecular formula is C9H13N3O4. The molecule has 0 fully saturated rings. The second kappa shape index (κ2) is 5.38. The average molecular weight is 227 g/mol. The van der Waals surface area contributed by atoms with Crippen LogP contribution in [0, 0.1) is 0 Å². The zero-order valence-corrected chi connectivity index (χ0v) is 8.71. The Balaban J connectivity index is 2.45. The maximum Gasteiger partial charge on any atom is 0.342 e. The van der Waals surface area contributed by atoms with Crippen LogP contribution in [0.4, 0.5) is 0 Å². The summed E-state index contributed by atoms with van der Waals surface area (Å²) in [5.74, 6) is -1.88. The molecule has 1 aromatic heterocycles. The third kappa shape index (κ3) is 3.44. The van der Waals surface area contributed by atoms with E-state index in [0.717, 1.165) is 0 Å². The van der Waals surface area contributed by atoms with Crippen LogP contribution < -0.4 is 5.73 Å². The highest BCUT2D eigenvalue weighted by molar-refractivity contribution is 5.90. The van der Waals surface area contributed by atoms with Crippen LogP contribution >= 0.6 is 0 Å². The lowest BCUT2D eigenvalue weighted by atomic mass is 10.2. The molecule has 88 valence electrons. The van der Waals surface area contributed by atoms with Gasteiger partial charge < -0.3 is 20.6 Å². The number of nitrogens with one attached hydrogen (secondary N) is 1. The van der Waals surface area contributed by atoms with E-state index in [4.69, 9.17) is 10.8 Å². The summed E-state index contributed by atoms with van der Waals surface area (Å²) >= 11 is 0. The Morgan fingerprint density at radius 1 is 1.62 bits per heavy atom. The van der Waals surface area contributed by atoms with E-state index in [1.807, 2.05) is 0 Å². The van der Waals surface area contributed by atoms with E-state index in [0.29, 0.717) is 5.69 Å². The van der Waals surface area contributed by atoms with Crippen LogP contribution in [0.25, 0.3) is 0 Å². The minimum absolute atomic E-state index is 0.186. The molecule has 0 aliphatic heterocycles. The molecule has 0 bridgehead atoms. The molecule has 2 atom stereocenters. The zero-order chi connectivity index (χ0) is 12.1. The molecule has 7 nitrogen and oxygen atoms in total. The van der Waals surface area contributed by atoms with Crippen molar-refractivity contribution < 1.29 is 19.4 Å². The van der Waals surface area contributed by atoms with Crippen molar-refractivity contribution in [2.75, 3.05) is 0 Å². The molecule has 0 saturated heterocycles. The first-order valence-electron chi connectivity index (χ1n) is 4.67. The van der Waals surface area contributed by atoms with E-state index in [-0.39, 0.29) is 6.42 Å². The van der Waals surface area contributed by atoms with E-state index in [1.54, 1.807) is 0 Å². The number of H-pyrrole nitrogens is 1. The highest BCUT2D eigenvalue weighted by Crippen LogP contribution is 1.99. The van der Waals surface area contributed by atoms with Gasteiger partial charge in [0.25, 0.3) is 0 Å². The Morgan fingerprint density at radius 2 is 2.31 bits per heavy atom. The lowest BCUT2D eigenvalue weighted by molar-refractivity contribution is -0.166. The molecule has 1 unspecified atom stereocenters. The number of carbonyl (C=O) groups is 2. The predicted molar refractivity (Wildman–Crippen MR) is 53.0 cm³/mol. The summed E-state index contributed by atoms with van der Waals surface area (Å²) in [5.41, 5.74) is 6.16. The lowest BCUT2D eigenvalue weighted by Gasteiger charge is -2.09. The SMILES string of the molecule is CC(O)C(=O)OC(=O)[C@@H](N)Cc1cnc[nH]1. The van der Waals surface area contributed by atoms with E-state index in [9.17, 15) is 9.59 Å². The maximum atomic E-state index is 11.3. The molecule has 0 radical (unpaired) electrons. The monoisotopic (exact) mass is 227 g/mol. The Bertz CT molecular complexity index is 361. The van der Waals surface area contributed by atoms with Gasteiger partial charge >= 0.3 is 11.9 Å². The number of carbonyl (C=O) groups excluding carboxylic acids is 2. The smallest absolute Gasteiger partial charge is 0.342 e. The van der Waals surface area contributed by atoms with Crippen molar-refractivity contribution >= 4 is 11.9 Å². The first kappa shape index (κ1) is 12.3. The normalized spacial score (nSPS) is 14.2. The Kier molecular flexibility index (Phi) is 4.15. The number of aliphatic hydroxyl groups is 1. The molecule has 0 aliphatic rings. The minimum Gasteiger partial charge on any atom is -0.390 e. The van der Waals surface area contributed by atoms with E-state index < -0.39 is 24.1 Å². The maximum absolute atomic E-state index is 11.3. The van der Waals surface area contributed by atoms with E-state index >= 15 is 0 Å². The van der Waals surface area contributed by atoms with Gasteiger partial charge in [-0.3, -0.25) is 0 Å². The number of rotatable bonds is 4. The average Bonchev–Trinajstić information content (AvgIpc) is 2.69. The van der Waals surface area contributed by atoms with Crippen molar-refractivity contribution in [1.29, 1.82) is 0 Å². The Labute approximate surface area is 91.6 Å². The van der Waals surface area contributed by atoms with Crippen molar-refractivity contribution in [3.05, 3.63) is 18.2 Å². The second-order valence-corrected chi connectivity index (χ2v) is 3.30. The van der Waals surface area contributed by atoms with Crippen molar-refractivity contribution in [2.24, 2.45) is 5.73 Å². The molecule has 1 heterocycles. The molecule has 4 N–H and O–H groups in total. The molecule has 0 spiro atoms. The number of hydrogen-bond donors (Lipinski definition) is 3. The fourth-order valence-corrected chi connectivity index (χ4v) is 0.977. The molecule has 0 saturated carbocycles. The van der Waals surface area contributed by atoms with E-state index in [2.05, 4.69) is 14.7 Å². The van der Waals surface area contributed by atoms with Gasteiger partial charge in [0, 0.05) is 18.3 Å². The van der Waals surface area contributed by atoms with Crippen LogP contribution in [0.3, 0.4) is 0 Å². The highest BCUT2D eigenvalue weighted by atomic mass is 16.6. The largest absolute Gasteiger partial charge is 0.390 e. The first-order chi connectivity index (χ1) is 7.50. The van der Waals surface area contributed by atoms with Crippen molar-refractivity contribution in [2.45, 2.75) is 25.5 Å². The van der Waals surface area contributed by atoms with Crippen molar-refractivity contribution in [3.8, 4) is 0 Å². The second-order valence-electron chi connectivity index (χ2n) is 3.30. The molecule has 0 aliphatic carbocycles. The van der Waals surface area contributed by atoms with Gasteiger partial charge in [-0.05, 0) is 6.92 Å².